The van der Waals surface area contributed by atoms with Crippen molar-refractivity contribution in [1.29, 1.82) is 0 Å². The fraction of sp³-hybridized carbons (Fsp3) is 0.323. The summed E-state index contributed by atoms with van der Waals surface area (Å²) >= 11 is 0. The number of ether oxygens (including phenoxy) is 5. The summed E-state index contributed by atoms with van der Waals surface area (Å²) in [5.41, 5.74) is -0.403. The van der Waals surface area contributed by atoms with E-state index in [1.807, 2.05) is 59.5 Å². The molecule has 204 valence electrons. The van der Waals surface area contributed by atoms with Gasteiger partial charge in [-0.3, -0.25) is 4.79 Å². The monoisotopic (exact) mass is 540 g/mol. The molecule has 0 bridgehead atoms. The normalized spacial score (nSPS) is 28.9. The molecule has 5 aliphatic rings. The van der Waals surface area contributed by atoms with E-state index in [0.29, 0.717) is 57.7 Å². The zero-order valence-corrected chi connectivity index (χ0v) is 22.1. The van der Waals surface area contributed by atoms with Crippen LogP contribution in [0.2, 0.25) is 0 Å². The molecule has 1 amide bonds. The zero-order chi connectivity index (χ0) is 27.2. The summed E-state index contributed by atoms with van der Waals surface area (Å²) in [6.07, 6.45) is 1.45. The van der Waals surface area contributed by atoms with E-state index in [-0.39, 0.29) is 18.9 Å². The Morgan fingerprint density at radius 3 is 2.58 bits per heavy atom. The predicted molar refractivity (Wildman–Crippen MR) is 142 cm³/mol. The van der Waals surface area contributed by atoms with Crippen molar-refractivity contribution in [3.63, 3.8) is 0 Å². The van der Waals surface area contributed by atoms with Gasteiger partial charge in [-0.25, -0.2) is 0 Å². The fourth-order valence-electron chi connectivity index (χ4n) is 7.38. The summed E-state index contributed by atoms with van der Waals surface area (Å²) in [5.74, 6) is 1.53. The van der Waals surface area contributed by atoms with Crippen molar-refractivity contribution in [3.05, 3.63) is 88.6 Å². The number of methoxy groups -OCH3 is 2. The van der Waals surface area contributed by atoms with Gasteiger partial charge in [-0.2, -0.15) is 0 Å². The lowest BCUT2D eigenvalue weighted by Crippen LogP contribution is -2.54. The first kappa shape index (κ1) is 23.5. The number of nitrogens with one attached hydrogen (secondary N) is 1. The average molecular weight is 541 g/mol. The first-order valence-electron chi connectivity index (χ1n) is 13.5. The average Bonchev–Trinajstić information content (AvgIpc) is 3.75. The lowest BCUT2D eigenvalue weighted by atomic mass is 9.69. The van der Waals surface area contributed by atoms with Crippen LogP contribution in [0.4, 0.5) is 0 Å². The summed E-state index contributed by atoms with van der Waals surface area (Å²) in [6, 6.07) is 19.0. The molecule has 3 aromatic carbocycles. The Labute approximate surface area is 230 Å². The molecule has 4 heterocycles. The van der Waals surface area contributed by atoms with Crippen molar-refractivity contribution in [1.82, 2.24) is 10.2 Å². The highest BCUT2D eigenvalue weighted by atomic mass is 16.7. The van der Waals surface area contributed by atoms with Gasteiger partial charge in [0.2, 0.25) is 12.5 Å². The Bertz CT molecular complexity index is 1590. The summed E-state index contributed by atoms with van der Waals surface area (Å²) in [5, 5.41) is 17.0. The smallest absolute Gasteiger partial charge is 0.254 e. The SMILES string of the molecule is COc1ccc(C23Oc4cc5c(c(OC)c4C2(O)C2=C(C(=O)N4CCCC4N2)C3c2ccccc2)OCO5)cc1. The largest absolute Gasteiger partial charge is 0.497 e. The third-order valence-corrected chi connectivity index (χ3v) is 8.99. The van der Waals surface area contributed by atoms with Gasteiger partial charge in [-0.15, -0.1) is 0 Å². The Kier molecular flexibility index (Phi) is 4.75. The lowest BCUT2D eigenvalue weighted by molar-refractivity contribution is -0.129. The van der Waals surface area contributed by atoms with E-state index in [4.69, 9.17) is 23.7 Å². The van der Waals surface area contributed by atoms with Crippen LogP contribution in [0.1, 0.15) is 35.4 Å². The molecule has 8 rings (SSSR count). The molecular weight excluding hydrogens is 512 g/mol. The second kappa shape index (κ2) is 8.08. The Balaban J connectivity index is 1.48. The minimum atomic E-state index is -1.83. The molecule has 9 nitrogen and oxygen atoms in total. The van der Waals surface area contributed by atoms with Crippen LogP contribution in [0.5, 0.6) is 28.7 Å². The highest BCUT2D eigenvalue weighted by Gasteiger charge is 2.75. The predicted octanol–water partition coefficient (Wildman–Crippen LogP) is 3.51. The number of rotatable bonds is 4. The van der Waals surface area contributed by atoms with Gasteiger partial charge in [0, 0.05) is 18.2 Å². The molecule has 0 spiro atoms. The maximum absolute atomic E-state index is 14.3. The van der Waals surface area contributed by atoms with E-state index < -0.39 is 17.1 Å². The molecule has 0 saturated carbocycles. The van der Waals surface area contributed by atoms with Gasteiger partial charge < -0.3 is 39.0 Å². The molecule has 40 heavy (non-hydrogen) atoms. The van der Waals surface area contributed by atoms with E-state index in [1.165, 1.54) is 7.11 Å². The van der Waals surface area contributed by atoms with E-state index in [9.17, 15) is 9.90 Å². The van der Waals surface area contributed by atoms with Crippen molar-refractivity contribution in [2.75, 3.05) is 27.6 Å². The fourth-order valence-corrected chi connectivity index (χ4v) is 7.38. The van der Waals surface area contributed by atoms with Gasteiger partial charge in [0.1, 0.15) is 17.7 Å². The van der Waals surface area contributed by atoms with E-state index >= 15 is 0 Å². The number of hydrogen-bond acceptors (Lipinski definition) is 8. The van der Waals surface area contributed by atoms with E-state index in [0.717, 1.165) is 18.4 Å². The number of nitrogens with zero attached hydrogens (tertiary/aromatic N) is 1. The highest BCUT2D eigenvalue weighted by molar-refractivity contribution is 6.00. The van der Waals surface area contributed by atoms with Gasteiger partial charge in [-0.05, 0) is 30.5 Å². The van der Waals surface area contributed by atoms with Gasteiger partial charge in [0.15, 0.2) is 22.7 Å². The minimum absolute atomic E-state index is 0.0327. The van der Waals surface area contributed by atoms with Gasteiger partial charge in [0.05, 0.1) is 37.0 Å². The topological polar surface area (TPSA) is 98.7 Å². The van der Waals surface area contributed by atoms with Crippen LogP contribution in [0.15, 0.2) is 71.9 Å². The third-order valence-electron chi connectivity index (χ3n) is 8.99. The Hall–Kier alpha value is -4.37. The number of amides is 1. The van der Waals surface area contributed by atoms with Crippen LogP contribution in [0.25, 0.3) is 0 Å². The first-order valence-corrected chi connectivity index (χ1v) is 13.5. The zero-order valence-electron chi connectivity index (χ0n) is 22.1. The maximum Gasteiger partial charge on any atom is 0.254 e. The molecule has 1 fully saturated rings. The highest BCUT2D eigenvalue weighted by Crippen LogP contribution is 2.72. The summed E-state index contributed by atoms with van der Waals surface area (Å²) < 4.78 is 29.9. The second-order valence-electron chi connectivity index (χ2n) is 10.7. The van der Waals surface area contributed by atoms with Crippen LogP contribution in [-0.4, -0.2) is 49.6 Å². The standard InChI is InChI=1S/C31H28N2O7/c1-36-19-12-10-18(11-13-19)31-24(17-7-4-3-5-8-17)23-28(32-22-9-6-14-33(22)29(23)34)30(31,35)25-20(40-31)15-21-26(27(25)37-2)39-16-38-21/h3-5,7-8,10-13,15,22,24,32,35H,6,9,14,16H2,1-2H3. The molecule has 0 aromatic heterocycles. The van der Waals surface area contributed by atoms with Gasteiger partial charge >= 0.3 is 0 Å². The van der Waals surface area contributed by atoms with Crippen LogP contribution >= 0.6 is 0 Å². The molecule has 3 aromatic rings. The van der Waals surface area contributed by atoms with Crippen molar-refractivity contribution >= 4 is 5.91 Å². The first-order chi connectivity index (χ1) is 19.5. The summed E-state index contributed by atoms with van der Waals surface area (Å²) in [6.45, 7) is 0.688. The number of carbonyl (C=O) groups excluding carboxylic acids is 1. The Morgan fingerprint density at radius 2 is 1.82 bits per heavy atom. The molecule has 4 aliphatic heterocycles. The molecule has 4 atom stereocenters. The molecule has 2 N–H and O–H groups in total. The molecule has 1 saturated heterocycles. The number of hydrogen-bond donors (Lipinski definition) is 2. The number of carbonyl (C=O) groups is 1. The van der Waals surface area contributed by atoms with Gasteiger partial charge in [-0.1, -0.05) is 42.5 Å². The van der Waals surface area contributed by atoms with Crippen molar-refractivity contribution < 1.29 is 33.6 Å². The van der Waals surface area contributed by atoms with Crippen LogP contribution < -0.4 is 29.0 Å². The second-order valence-corrected chi connectivity index (χ2v) is 10.7. The van der Waals surface area contributed by atoms with Crippen LogP contribution in [-0.2, 0) is 16.0 Å². The third kappa shape index (κ3) is 2.68. The lowest BCUT2D eigenvalue weighted by Gasteiger charge is -2.41. The Morgan fingerprint density at radius 1 is 1.02 bits per heavy atom. The number of fused-ring (bicyclic) bond motifs is 6. The molecular formula is C31H28N2O7. The van der Waals surface area contributed by atoms with E-state index in [1.54, 1.807) is 13.2 Å². The molecule has 0 radical (unpaired) electrons. The van der Waals surface area contributed by atoms with Crippen molar-refractivity contribution in [2.24, 2.45) is 0 Å². The number of aliphatic hydroxyl groups is 1. The van der Waals surface area contributed by atoms with Gasteiger partial charge in [0.25, 0.3) is 5.91 Å². The summed E-state index contributed by atoms with van der Waals surface area (Å²) in [4.78, 5) is 16.2. The molecule has 4 unspecified atom stereocenters. The van der Waals surface area contributed by atoms with Crippen LogP contribution in [0, 0.1) is 0 Å². The quantitative estimate of drug-likeness (QED) is 0.519. The molecule has 1 aliphatic carbocycles. The maximum atomic E-state index is 14.3. The van der Waals surface area contributed by atoms with Crippen LogP contribution in [0.3, 0.4) is 0 Å². The number of benzene rings is 3. The molecule has 9 heteroatoms. The summed E-state index contributed by atoms with van der Waals surface area (Å²) in [7, 11) is 3.14. The van der Waals surface area contributed by atoms with Crippen molar-refractivity contribution in [3.8, 4) is 28.7 Å². The van der Waals surface area contributed by atoms with Crippen molar-refractivity contribution in [2.45, 2.75) is 36.1 Å². The minimum Gasteiger partial charge on any atom is -0.497 e. The van der Waals surface area contributed by atoms with E-state index in [2.05, 4.69) is 5.32 Å².